The first-order valence-electron chi connectivity index (χ1n) is 7.03. The van der Waals surface area contributed by atoms with Crippen molar-refractivity contribution in [2.24, 2.45) is 0 Å². The van der Waals surface area contributed by atoms with Crippen LogP contribution < -0.4 is 4.90 Å². The van der Waals surface area contributed by atoms with Gasteiger partial charge in [-0.25, -0.2) is 0 Å². The van der Waals surface area contributed by atoms with Crippen LogP contribution in [0, 0.1) is 0 Å². The van der Waals surface area contributed by atoms with Crippen molar-refractivity contribution in [3.63, 3.8) is 0 Å². The van der Waals surface area contributed by atoms with Crippen LogP contribution in [0.5, 0.6) is 0 Å². The molecule has 0 saturated carbocycles. The van der Waals surface area contributed by atoms with Crippen LogP contribution in [-0.4, -0.2) is 7.05 Å². The van der Waals surface area contributed by atoms with Gasteiger partial charge in [0.05, 0.1) is 0 Å². The third-order valence-corrected chi connectivity index (χ3v) is 3.89. The normalized spacial score (nSPS) is 11.1. The lowest BCUT2D eigenvalue weighted by Gasteiger charge is -2.19. The number of anilines is 2. The highest BCUT2D eigenvalue weighted by molar-refractivity contribution is 6.05. The Bertz CT molecular complexity index is 909. The molecular formula is C19H15NO. The molecule has 0 bridgehead atoms. The van der Waals surface area contributed by atoms with Crippen molar-refractivity contribution < 1.29 is 4.42 Å². The SMILES string of the molecule is CN(c1ccccc1)c1ccc2c(c1)oc1ccccc12. The van der Waals surface area contributed by atoms with Crippen molar-refractivity contribution in [3.8, 4) is 0 Å². The lowest BCUT2D eigenvalue weighted by Crippen LogP contribution is -2.08. The molecule has 0 aliphatic heterocycles. The Morgan fingerprint density at radius 1 is 0.667 bits per heavy atom. The summed E-state index contributed by atoms with van der Waals surface area (Å²) in [6.07, 6.45) is 0. The highest BCUT2D eigenvalue weighted by Gasteiger charge is 2.09. The predicted molar refractivity (Wildman–Crippen MR) is 88.2 cm³/mol. The summed E-state index contributed by atoms with van der Waals surface area (Å²) in [6, 6.07) is 24.8. The zero-order chi connectivity index (χ0) is 14.2. The lowest BCUT2D eigenvalue weighted by molar-refractivity contribution is 0.669. The first kappa shape index (κ1) is 12.0. The molecule has 4 aromatic rings. The van der Waals surface area contributed by atoms with Crippen LogP contribution in [0.25, 0.3) is 21.9 Å². The van der Waals surface area contributed by atoms with Gasteiger partial charge >= 0.3 is 0 Å². The first-order chi connectivity index (χ1) is 10.3. The van der Waals surface area contributed by atoms with Crippen LogP contribution in [0.4, 0.5) is 11.4 Å². The van der Waals surface area contributed by atoms with E-state index in [0.29, 0.717) is 0 Å². The van der Waals surface area contributed by atoms with Crippen LogP contribution in [0.3, 0.4) is 0 Å². The molecule has 0 fully saturated rings. The maximum absolute atomic E-state index is 5.95. The minimum Gasteiger partial charge on any atom is -0.456 e. The predicted octanol–water partition coefficient (Wildman–Crippen LogP) is 5.35. The Morgan fingerprint density at radius 2 is 1.38 bits per heavy atom. The summed E-state index contributed by atoms with van der Waals surface area (Å²) in [5.41, 5.74) is 4.14. The van der Waals surface area contributed by atoms with E-state index in [4.69, 9.17) is 4.42 Å². The lowest BCUT2D eigenvalue weighted by atomic mass is 10.1. The number of benzene rings is 3. The van der Waals surface area contributed by atoms with Crippen LogP contribution in [-0.2, 0) is 0 Å². The molecule has 0 amide bonds. The van der Waals surface area contributed by atoms with Gasteiger partial charge in [0.15, 0.2) is 0 Å². The number of fused-ring (bicyclic) bond motifs is 3. The summed E-state index contributed by atoms with van der Waals surface area (Å²) >= 11 is 0. The molecule has 21 heavy (non-hydrogen) atoms. The maximum Gasteiger partial charge on any atom is 0.137 e. The number of hydrogen-bond acceptors (Lipinski definition) is 2. The third-order valence-electron chi connectivity index (χ3n) is 3.89. The number of hydrogen-bond donors (Lipinski definition) is 0. The molecule has 0 aliphatic carbocycles. The Hall–Kier alpha value is -2.74. The van der Waals surface area contributed by atoms with Crippen molar-refractivity contribution in [3.05, 3.63) is 72.8 Å². The summed E-state index contributed by atoms with van der Waals surface area (Å²) in [4.78, 5) is 2.16. The zero-order valence-corrected chi connectivity index (χ0v) is 11.8. The minimum absolute atomic E-state index is 0.927. The fourth-order valence-corrected chi connectivity index (χ4v) is 2.72. The molecule has 0 spiro atoms. The second-order valence-electron chi connectivity index (χ2n) is 5.17. The van der Waals surface area contributed by atoms with Gasteiger partial charge < -0.3 is 9.32 Å². The maximum atomic E-state index is 5.95. The second-order valence-corrected chi connectivity index (χ2v) is 5.17. The number of para-hydroxylation sites is 2. The van der Waals surface area contributed by atoms with Gasteiger partial charge in [-0.05, 0) is 30.3 Å². The average Bonchev–Trinajstić information content (AvgIpc) is 2.92. The molecule has 1 aromatic heterocycles. The highest BCUT2D eigenvalue weighted by Crippen LogP contribution is 2.32. The fraction of sp³-hybridized carbons (Fsp3) is 0.0526. The molecule has 102 valence electrons. The van der Waals surface area contributed by atoms with Crippen LogP contribution in [0.1, 0.15) is 0 Å². The van der Waals surface area contributed by atoms with Gasteiger partial charge in [-0.2, -0.15) is 0 Å². The van der Waals surface area contributed by atoms with Gasteiger partial charge in [0.25, 0.3) is 0 Å². The monoisotopic (exact) mass is 273 g/mol. The van der Waals surface area contributed by atoms with E-state index in [2.05, 4.69) is 48.3 Å². The topological polar surface area (TPSA) is 16.4 Å². The Kier molecular flexibility index (Phi) is 2.68. The van der Waals surface area contributed by atoms with Crippen molar-refractivity contribution in [2.75, 3.05) is 11.9 Å². The van der Waals surface area contributed by atoms with Crippen molar-refractivity contribution in [1.82, 2.24) is 0 Å². The molecule has 1 heterocycles. The summed E-state index contributed by atoms with van der Waals surface area (Å²) in [7, 11) is 2.07. The quantitative estimate of drug-likeness (QED) is 0.489. The van der Waals surface area contributed by atoms with Gasteiger partial charge in [0.2, 0.25) is 0 Å². The smallest absolute Gasteiger partial charge is 0.137 e. The van der Waals surface area contributed by atoms with E-state index in [1.54, 1.807) is 0 Å². The van der Waals surface area contributed by atoms with E-state index in [1.165, 1.54) is 5.39 Å². The standard InChI is InChI=1S/C19H15NO/c1-20(14-7-3-2-4-8-14)15-11-12-17-16-9-5-6-10-18(16)21-19(17)13-15/h2-13H,1H3. The van der Waals surface area contributed by atoms with Crippen molar-refractivity contribution in [1.29, 1.82) is 0 Å². The van der Waals surface area contributed by atoms with Crippen LogP contribution >= 0.6 is 0 Å². The van der Waals surface area contributed by atoms with Crippen molar-refractivity contribution >= 4 is 33.3 Å². The van der Waals surface area contributed by atoms with E-state index in [1.807, 2.05) is 36.4 Å². The molecule has 0 N–H and O–H groups in total. The van der Waals surface area contributed by atoms with E-state index in [0.717, 1.165) is 27.9 Å². The summed E-state index contributed by atoms with van der Waals surface area (Å²) in [5, 5.41) is 2.33. The molecule has 0 aliphatic rings. The summed E-state index contributed by atoms with van der Waals surface area (Å²) < 4.78 is 5.95. The molecule has 0 radical (unpaired) electrons. The molecule has 0 atom stereocenters. The average molecular weight is 273 g/mol. The largest absolute Gasteiger partial charge is 0.456 e. The van der Waals surface area contributed by atoms with Gasteiger partial charge in [0, 0.05) is 35.3 Å². The molecular weight excluding hydrogens is 258 g/mol. The van der Waals surface area contributed by atoms with E-state index in [9.17, 15) is 0 Å². The zero-order valence-electron chi connectivity index (χ0n) is 11.8. The molecule has 2 heteroatoms. The van der Waals surface area contributed by atoms with E-state index >= 15 is 0 Å². The Labute approximate surface area is 123 Å². The number of rotatable bonds is 2. The first-order valence-corrected chi connectivity index (χ1v) is 7.03. The summed E-state index contributed by atoms with van der Waals surface area (Å²) in [5.74, 6) is 0. The molecule has 3 aromatic carbocycles. The van der Waals surface area contributed by atoms with Gasteiger partial charge in [-0.3, -0.25) is 0 Å². The molecule has 4 rings (SSSR count). The van der Waals surface area contributed by atoms with Crippen LogP contribution in [0.2, 0.25) is 0 Å². The van der Waals surface area contributed by atoms with E-state index in [-0.39, 0.29) is 0 Å². The molecule has 2 nitrogen and oxygen atoms in total. The van der Waals surface area contributed by atoms with Gasteiger partial charge in [-0.1, -0.05) is 36.4 Å². The van der Waals surface area contributed by atoms with Gasteiger partial charge in [0.1, 0.15) is 11.2 Å². The fourth-order valence-electron chi connectivity index (χ4n) is 2.72. The second kappa shape index (κ2) is 4.67. The van der Waals surface area contributed by atoms with Crippen LogP contribution in [0.15, 0.2) is 77.2 Å². The number of furan rings is 1. The number of nitrogens with zero attached hydrogens (tertiary/aromatic N) is 1. The van der Waals surface area contributed by atoms with Crippen molar-refractivity contribution in [2.45, 2.75) is 0 Å². The Morgan fingerprint density at radius 3 is 2.24 bits per heavy atom. The minimum atomic E-state index is 0.927. The van der Waals surface area contributed by atoms with Gasteiger partial charge in [-0.15, -0.1) is 0 Å². The summed E-state index contributed by atoms with van der Waals surface area (Å²) in [6.45, 7) is 0. The molecule has 0 saturated heterocycles. The van der Waals surface area contributed by atoms with E-state index < -0.39 is 0 Å². The third kappa shape index (κ3) is 1.96. The highest BCUT2D eigenvalue weighted by atomic mass is 16.3. The Balaban J connectivity index is 1.85. The molecule has 0 unspecified atom stereocenters.